The van der Waals surface area contributed by atoms with E-state index in [0.717, 1.165) is 39.1 Å². The van der Waals surface area contributed by atoms with Crippen molar-refractivity contribution in [2.24, 2.45) is 5.73 Å². The minimum absolute atomic E-state index is 0.313. The van der Waals surface area contributed by atoms with Crippen LogP contribution in [0.25, 0.3) is 22.2 Å². The van der Waals surface area contributed by atoms with Gasteiger partial charge in [0.05, 0.1) is 16.9 Å². The summed E-state index contributed by atoms with van der Waals surface area (Å²) in [5.74, 6) is 0.282. The molecule has 0 aliphatic rings. The fourth-order valence-electron chi connectivity index (χ4n) is 3.33. The van der Waals surface area contributed by atoms with Crippen molar-refractivity contribution in [3.8, 4) is 11.3 Å². The van der Waals surface area contributed by atoms with E-state index >= 15 is 0 Å². The van der Waals surface area contributed by atoms with Gasteiger partial charge >= 0.3 is 0 Å². The molecule has 0 fully saturated rings. The van der Waals surface area contributed by atoms with E-state index in [0.29, 0.717) is 17.4 Å². The molecule has 1 amide bonds. The standard InChI is InChI=1S/C22H22N6O/c1-12(2)19-20-15(6-8-24-19)16(11-26-20)17-7-9-25-22(27-17)28-18-10-14(21(23)29)5-4-13(18)3/h4-12,26H,1-3H3,(H2,23,29)(H,25,27,28). The van der Waals surface area contributed by atoms with E-state index in [1.54, 1.807) is 18.3 Å². The molecule has 7 heteroatoms. The van der Waals surface area contributed by atoms with Crippen molar-refractivity contribution in [2.75, 3.05) is 5.32 Å². The van der Waals surface area contributed by atoms with Gasteiger partial charge in [-0.25, -0.2) is 9.97 Å². The first-order valence-corrected chi connectivity index (χ1v) is 9.41. The molecule has 0 unspecified atom stereocenters. The van der Waals surface area contributed by atoms with Crippen LogP contribution in [0.3, 0.4) is 0 Å². The summed E-state index contributed by atoms with van der Waals surface area (Å²) in [7, 11) is 0. The van der Waals surface area contributed by atoms with Gasteiger partial charge in [-0.3, -0.25) is 9.78 Å². The van der Waals surface area contributed by atoms with Gasteiger partial charge in [0.15, 0.2) is 0 Å². The number of anilines is 2. The molecule has 0 aliphatic carbocycles. The van der Waals surface area contributed by atoms with E-state index in [1.165, 1.54) is 0 Å². The molecule has 7 nitrogen and oxygen atoms in total. The Morgan fingerprint density at radius 2 is 1.93 bits per heavy atom. The average molecular weight is 386 g/mol. The molecule has 3 heterocycles. The largest absolute Gasteiger partial charge is 0.366 e. The third-order valence-corrected chi connectivity index (χ3v) is 4.88. The quantitative estimate of drug-likeness (QED) is 0.474. The molecule has 0 spiro atoms. The molecule has 0 radical (unpaired) electrons. The number of H-pyrrole nitrogens is 1. The fourth-order valence-corrected chi connectivity index (χ4v) is 3.33. The molecule has 0 aliphatic heterocycles. The normalized spacial score (nSPS) is 11.2. The minimum Gasteiger partial charge on any atom is -0.366 e. The Balaban J connectivity index is 1.72. The highest BCUT2D eigenvalue weighted by molar-refractivity contribution is 5.96. The number of benzene rings is 1. The molecule has 29 heavy (non-hydrogen) atoms. The first-order chi connectivity index (χ1) is 13.9. The number of aromatic amines is 1. The molecule has 0 saturated carbocycles. The monoisotopic (exact) mass is 386 g/mol. The molecule has 4 N–H and O–H groups in total. The number of nitrogens with one attached hydrogen (secondary N) is 2. The number of amides is 1. The van der Waals surface area contributed by atoms with Gasteiger partial charge in [-0.05, 0) is 42.7 Å². The molecule has 4 aromatic rings. The number of nitrogens with zero attached hydrogens (tertiary/aromatic N) is 3. The number of fused-ring (bicyclic) bond motifs is 1. The predicted molar refractivity (Wildman–Crippen MR) is 114 cm³/mol. The van der Waals surface area contributed by atoms with Gasteiger partial charge in [-0.15, -0.1) is 0 Å². The maximum atomic E-state index is 11.5. The van der Waals surface area contributed by atoms with Crippen LogP contribution < -0.4 is 11.1 Å². The van der Waals surface area contributed by atoms with Gasteiger partial charge in [-0.1, -0.05) is 19.9 Å². The Hall–Kier alpha value is -3.74. The highest BCUT2D eigenvalue weighted by atomic mass is 16.1. The number of aromatic nitrogens is 4. The van der Waals surface area contributed by atoms with Crippen molar-refractivity contribution in [3.63, 3.8) is 0 Å². The lowest BCUT2D eigenvalue weighted by atomic mass is 10.1. The first-order valence-electron chi connectivity index (χ1n) is 9.41. The maximum Gasteiger partial charge on any atom is 0.248 e. The molecule has 146 valence electrons. The van der Waals surface area contributed by atoms with Crippen LogP contribution >= 0.6 is 0 Å². The Bertz CT molecular complexity index is 1210. The minimum atomic E-state index is -0.476. The predicted octanol–water partition coefficient (Wildman–Crippen LogP) is 4.29. The van der Waals surface area contributed by atoms with Gasteiger partial charge in [0.25, 0.3) is 0 Å². The summed E-state index contributed by atoms with van der Waals surface area (Å²) < 4.78 is 0. The number of hydrogen-bond donors (Lipinski definition) is 3. The second-order valence-corrected chi connectivity index (χ2v) is 7.26. The van der Waals surface area contributed by atoms with Crippen molar-refractivity contribution in [1.82, 2.24) is 19.9 Å². The van der Waals surface area contributed by atoms with E-state index in [1.807, 2.05) is 37.5 Å². The summed E-state index contributed by atoms with van der Waals surface area (Å²) in [6.07, 6.45) is 5.48. The molecule has 1 aromatic carbocycles. The second kappa shape index (κ2) is 7.35. The third-order valence-electron chi connectivity index (χ3n) is 4.88. The highest BCUT2D eigenvalue weighted by Crippen LogP contribution is 2.31. The van der Waals surface area contributed by atoms with Crippen molar-refractivity contribution in [3.05, 3.63) is 65.7 Å². The van der Waals surface area contributed by atoms with Gasteiger partial charge in [0.2, 0.25) is 11.9 Å². The number of carbonyl (C=O) groups is 1. The zero-order chi connectivity index (χ0) is 20.5. The number of carbonyl (C=O) groups excluding carboxylic acids is 1. The van der Waals surface area contributed by atoms with Gasteiger partial charge in [0, 0.05) is 40.8 Å². The zero-order valence-corrected chi connectivity index (χ0v) is 16.5. The average Bonchev–Trinajstić information content (AvgIpc) is 3.13. The van der Waals surface area contributed by atoms with E-state index < -0.39 is 5.91 Å². The number of rotatable bonds is 5. The molecule has 3 aromatic heterocycles. The Kier molecular flexibility index (Phi) is 4.72. The Morgan fingerprint density at radius 1 is 1.14 bits per heavy atom. The topological polar surface area (TPSA) is 110 Å². The van der Waals surface area contributed by atoms with Crippen LogP contribution in [-0.4, -0.2) is 25.8 Å². The van der Waals surface area contributed by atoms with Crippen molar-refractivity contribution < 1.29 is 4.79 Å². The number of primary amides is 1. The second-order valence-electron chi connectivity index (χ2n) is 7.26. The van der Waals surface area contributed by atoms with Gasteiger partial charge < -0.3 is 16.0 Å². The summed E-state index contributed by atoms with van der Waals surface area (Å²) in [5, 5.41) is 4.26. The number of pyridine rings is 1. The summed E-state index contributed by atoms with van der Waals surface area (Å²) in [6, 6.07) is 9.11. The maximum absolute atomic E-state index is 11.5. The molecular formula is C22H22N6O. The third kappa shape index (κ3) is 3.54. The number of nitrogens with two attached hydrogens (primary N) is 1. The van der Waals surface area contributed by atoms with E-state index in [2.05, 4.69) is 39.1 Å². The smallest absolute Gasteiger partial charge is 0.248 e. The van der Waals surface area contributed by atoms with Crippen molar-refractivity contribution in [2.45, 2.75) is 26.7 Å². The van der Waals surface area contributed by atoms with E-state index in [4.69, 9.17) is 5.73 Å². The van der Waals surface area contributed by atoms with Crippen LogP contribution in [0.2, 0.25) is 0 Å². The molecule has 0 bridgehead atoms. The molecule has 0 atom stereocenters. The summed E-state index contributed by atoms with van der Waals surface area (Å²) in [4.78, 5) is 28.3. The van der Waals surface area contributed by atoms with Crippen molar-refractivity contribution in [1.29, 1.82) is 0 Å². The van der Waals surface area contributed by atoms with Gasteiger partial charge in [0.1, 0.15) is 0 Å². The fraction of sp³-hybridized carbons (Fsp3) is 0.182. The lowest BCUT2D eigenvalue weighted by molar-refractivity contribution is 0.100. The number of aryl methyl sites for hydroxylation is 1. The SMILES string of the molecule is Cc1ccc(C(N)=O)cc1Nc1nccc(-c2c[nH]c3c(C(C)C)nccc23)n1. The van der Waals surface area contributed by atoms with Gasteiger partial charge in [-0.2, -0.15) is 0 Å². The first kappa shape index (κ1) is 18.6. The van der Waals surface area contributed by atoms with Crippen LogP contribution in [-0.2, 0) is 0 Å². The highest BCUT2D eigenvalue weighted by Gasteiger charge is 2.14. The Labute approximate surface area is 168 Å². The summed E-state index contributed by atoms with van der Waals surface area (Å²) in [6.45, 7) is 6.19. The van der Waals surface area contributed by atoms with Crippen molar-refractivity contribution >= 4 is 28.4 Å². The van der Waals surface area contributed by atoms with Crippen LogP contribution in [0.1, 0.15) is 41.4 Å². The van der Waals surface area contributed by atoms with Crippen LogP contribution in [0, 0.1) is 6.92 Å². The van der Waals surface area contributed by atoms with E-state index in [-0.39, 0.29) is 0 Å². The Morgan fingerprint density at radius 3 is 2.69 bits per heavy atom. The van der Waals surface area contributed by atoms with E-state index in [9.17, 15) is 4.79 Å². The van der Waals surface area contributed by atoms with Crippen LogP contribution in [0.15, 0.2) is 48.9 Å². The molecular weight excluding hydrogens is 364 g/mol. The number of hydrogen-bond acceptors (Lipinski definition) is 5. The molecule has 0 saturated heterocycles. The molecule has 4 rings (SSSR count). The van der Waals surface area contributed by atoms with Crippen LogP contribution in [0.5, 0.6) is 0 Å². The van der Waals surface area contributed by atoms with Crippen LogP contribution in [0.4, 0.5) is 11.6 Å². The lowest BCUT2D eigenvalue weighted by Crippen LogP contribution is -2.11. The zero-order valence-electron chi connectivity index (χ0n) is 16.5. The summed E-state index contributed by atoms with van der Waals surface area (Å²) >= 11 is 0. The lowest BCUT2D eigenvalue weighted by Gasteiger charge is -2.10. The summed E-state index contributed by atoms with van der Waals surface area (Å²) in [5.41, 5.74) is 11.4.